The Hall–Kier alpha value is -2.56. The molecular formula is C13H11F3N2O5S. The number of alkyl halides is 3. The molecular weight excluding hydrogens is 353 g/mol. The first-order valence-electron chi connectivity index (χ1n) is 6.51. The Morgan fingerprint density at radius 3 is 2.62 bits per heavy atom. The smallest absolute Gasteiger partial charge is 0.422 e. The first-order chi connectivity index (χ1) is 11.1. The van der Waals surface area contributed by atoms with E-state index in [1.807, 2.05) is 0 Å². The monoisotopic (exact) mass is 364 g/mol. The zero-order valence-corrected chi connectivity index (χ0v) is 13.0. The lowest BCUT2D eigenvalue weighted by atomic mass is 10.2. The van der Waals surface area contributed by atoms with Crippen molar-refractivity contribution in [2.24, 2.45) is 0 Å². The fourth-order valence-corrected chi connectivity index (χ4v) is 2.99. The van der Waals surface area contributed by atoms with Gasteiger partial charge in [0.15, 0.2) is 6.61 Å². The van der Waals surface area contributed by atoms with Crippen LogP contribution in [0.1, 0.15) is 16.6 Å². The number of rotatable bonds is 5. The Morgan fingerprint density at radius 1 is 1.42 bits per heavy atom. The second-order valence-electron chi connectivity index (χ2n) is 4.54. The number of nitro groups is 1. The molecule has 0 spiro atoms. The number of halogens is 3. The van der Waals surface area contributed by atoms with Crippen LogP contribution in [0.3, 0.4) is 0 Å². The van der Waals surface area contributed by atoms with E-state index in [4.69, 9.17) is 10.5 Å². The van der Waals surface area contributed by atoms with Crippen LogP contribution in [-0.2, 0) is 4.74 Å². The fourth-order valence-electron chi connectivity index (χ4n) is 1.93. The Labute approximate surface area is 136 Å². The molecule has 130 valence electrons. The summed E-state index contributed by atoms with van der Waals surface area (Å²) in [5.74, 6) is -1.18. The van der Waals surface area contributed by atoms with Crippen LogP contribution in [0, 0.1) is 10.1 Å². The number of nitro benzene ring substituents is 1. The van der Waals surface area contributed by atoms with Gasteiger partial charge in [-0.15, -0.1) is 11.3 Å². The predicted molar refractivity (Wildman–Crippen MR) is 80.4 cm³/mol. The maximum atomic E-state index is 12.4. The number of esters is 1. The van der Waals surface area contributed by atoms with E-state index < -0.39 is 35.1 Å². The second-order valence-corrected chi connectivity index (χ2v) is 5.60. The van der Waals surface area contributed by atoms with Crippen molar-refractivity contribution in [3.8, 4) is 5.75 Å². The van der Waals surface area contributed by atoms with Gasteiger partial charge in [0.25, 0.3) is 5.69 Å². The number of carbonyl (C=O) groups excluding carboxylic acids is 1. The number of anilines is 1. The van der Waals surface area contributed by atoms with Gasteiger partial charge in [-0.3, -0.25) is 10.1 Å². The molecule has 24 heavy (non-hydrogen) atoms. The third-order valence-electron chi connectivity index (χ3n) is 2.84. The zero-order valence-electron chi connectivity index (χ0n) is 12.2. The first-order valence-corrected chi connectivity index (χ1v) is 7.32. The largest absolute Gasteiger partial charge is 0.483 e. The maximum Gasteiger partial charge on any atom is 0.422 e. The summed E-state index contributed by atoms with van der Waals surface area (Å²) in [6.07, 6.45) is -4.63. The third kappa shape index (κ3) is 3.67. The standard InChI is InChI=1S/C13H11F3N2O5S/c1-2-22-12(19)11-10(17)9-7(23-5-13(14,15)16)3-6(18(20)21)4-8(9)24-11/h3-4H,2,5,17H2,1H3. The van der Waals surface area contributed by atoms with Gasteiger partial charge in [0.2, 0.25) is 0 Å². The molecule has 0 atom stereocenters. The van der Waals surface area contributed by atoms with Gasteiger partial charge >= 0.3 is 12.1 Å². The van der Waals surface area contributed by atoms with Gasteiger partial charge in [0, 0.05) is 10.8 Å². The fraction of sp³-hybridized carbons (Fsp3) is 0.308. The predicted octanol–water partition coefficient (Wildman–Crippen LogP) is 3.51. The molecule has 0 amide bonds. The molecule has 0 bridgehead atoms. The van der Waals surface area contributed by atoms with Crippen LogP contribution in [0.2, 0.25) is 0 Å². The third-order valence-corrected chi connectivity index (χ3v) is 3.97. The van der Waals surface area contributed by atoms with E-state index >= 15 is 0 Å². The van der Waals surface area contributed by atoms with Gasteiger partial charge in [0.1, 0.15) is 10.6 Å². The van der Waals surface area contributed by atoms with Crippen LogP contribution in [0.5, 0.6) is 5.75 Å². The molecule has 1 aromatic heterocycles. The highest BCUT2D eigenvalue weighted by Gasteiger charge is 2.30. The average Bonchev–Trinajstić information content (AvgIpc) is 2.81. The molecule has 11 heteroatoms. The number of nitrogen functional groups attached to an aromatic ring is 1. The van der Waals surface area contributed by atoms with Crippen molar-refractivity contribution in [3.05, 3.63) is 27.1 Å². The highest BCUT2D eigenvalue weighted by atomic mass is 32.1. The van der Waals surface area contributed by atoms with Crippen molar-refractivity contribution in [2.75, 3.05) is 18.9 Å². The molecule has 0 aliphatic heterocycles. The molecule has 2 N–H and O–H groups in total. The zero-order chi connectivity index (χ0) is 18.1. The Bertz CT molecular complexity index is 803. The molecule has 0 saturated heterocycles. The van der Waals surface area contributed by atoms with Crippen LogP contribution in [0.25, 0.3) is 10.1 Å². The van der Waals surface area contributed by atoms with E-state index in [2.05, 4.69) is 4.74 Å². The normalized spacial score (nSPS) is 11.5. The van der Waals surface area contributed by atoms with E-state index in [-0.39, 0.29) is 27.3 Å². The van der Waals surface area contributed by atoms with Gasteiger partial charge in [-0.05, 0) is 6.92 Å². The summed E-state index contributed by atoms with van der Waals surface area (Å²) < 4.78 is 46.7. The number of benzene rings is 1. The Balaban J connectivity index is 2.60. The molecule has 2 aromatic rings. The number of fused-ring (bicyclic) bond motifs is 1. The van der Waals surface area contributed by atoms with Gasteiger partial charge in [-0.25, -0.2) is 4.79 Å². The van der Waals surface area contributed by atoms with Gasteiger partial charge in [-0.2, -0.15) is 13.2 Å². The number of hydrogen-bond acceptors (Lipinski definition) is 7. The summed E-state index contributed by atoms with van der Waals surface area (Å²) in [6, 6.07) is 1.95. The topological polar surface area (TPSA) is 105 Å². The molecule has 0 fully saturated rings. The van der Waals surface area contributed by atoms with E-state index in [1.54, 1.807) is 6.92 Å². The van der Waals surface area contributed by atoms with Crippen molar-refractivity contribution >= 4 is 38.8 Å². The first kappa shape index (κ1) is 17.8. The van der Waals surface area contributed by atoms with Gasteiger partial charge in [-0.1, -0.05) is 0 Å². The maximum absolute atomic E-state index is 12.4. The number of thiophene rings is 1. The van der Waals surface area contributed by atoms with E-state index in [0.29, 0.717) is 0 Å². The number of nitrogens with two attached hydrogens (primary N) is 1. The van der Waals surface area contributed by atoms with Gasteiger partial charge < -0.3 is 15.2 Å². The summed E-state index contributed by atoms with van der Waals surface area (Å²) in [5.41, 5.74) is 5.20. The molecule has 0 saturated carbocycles. The van der Waals surface area contributed by atoms with Crippen LogP contribution < -0.4 is 10.5 Å². The Morgan fingerprint density at radius 2 is 2.08 bits per heavy atom. The SMILES string of the molecule is CCOC(=O)c1sc2cc([N+](=O)[O-])cc(OCC(F)(F)F)c2c1N. The molecule has 1 aromatic carbocycles. The van der Waals surface area contributed by atoms with Crippen LogP contribution in [0.15, 0.2) is 12.1 Å². The highest BCUT2D eigenvalue weighted by molar-refractivity contribution is 7.21. The highest BCUT2D eigenvalue weighted by Crippen LogP contribution is 2.42. The van der Waals surface area contributed by atoms with Crippen LogP contribution >= 0.6 is 11.3 Å². The lowest BCUT2D eigenvalue weighted by Gasteiger charge is -2.10. The minimum absolute atomic E-state index is 0.0119. The lowest BCUT2D eigenvalue weighted by Crippen LogP contribution is -2.19. The van der Waals surface area contributed by atoms with Crippen molar-refractivity contribution in [3.63, 3.8) is 0 Å². The van der Waals surface area contributed by atoms with E-state index in [9.17, 15) is 28.1 Å². The summed E-state index contributed by atoms with van der Waals surface area (Å²) in [7, 11) is 0. The van der Waals surface area contributed by atoms with Crippen molar-refractivity contribution in [1.29, 1.82) is 0 Å². The quantitative estimate of drug-likeness (QED) is 0.494. The number of nitrogens with zero attached hydrogens (tertiary/aromatic N) is 1. The summed E-state index contributed by atoms with van der Waals surface area (Å²) in [6.45, 7) is 0.00150. The lowest BCUT2D eigenvalue weighted by molar-refractivity contribution is -0.384. The van der Waals surface area contributed by atoms with Crippen molar-refractivity contribution < 1.29 is 32.4 Å². The molecule has 0 unspecified atom stereocenters. The summed E-state index contributed by atoms with van der Waals surface area (Å²) in [4.78, 5) is 21.9. The minimum Gasteiger partial charge on any atom is -0.483 e. The van der Waals surface area contributed by atoms with Crippen molar-refractivity contribution in [1.82, 2.24) is 0 Å². The number of non-ortho nitro benzene ring substituents is 1. The molecule has 0 aliphatic rings. The van der Waals surface area contributed by atoms with E-state index in [1.165, 1.54) is 0 Å². The van der Waals surface area contributed by atoms with Crippen LogP contribution in [0.4, 0.5) is 24.5 Å². The summed E-state index contributed by atoms with van der Waals surface area (Å²) >= 11 is 0.786. The number of carbonyl (C=O) groups is 1. The average molecular weight is 364 g/mol. The minimum atomic E-state index is -4.63. The molecule has 1 heterocycles. The van der Waals surface area contributed by atoms with E-state index in [0.717, 1.165) is 23.5 Å². The number of ether oxygens (including phenoxy) is 2. The molecule has 0 radical (unpaired) electrons. The molecule has 7 nitrogen and oxygen atoms in total. The second kappa shape index (κ2) is 6.51. The van der Waals surface area contributed by atoms with Gasteiger partial charge in [0.05, 0.1) is 28.7 Å². The number of hydrogen-bond donors (Lipinski definition) is 1. The molecule has 0 aliphatic carbocycles. The Kier molecular flexibility index (Phi) is 4.83. The summed E-state index contributed by atoms with van der Waals surface area (Å²) in [5, 5.41) is 10.9. The van der Waals surface area contributed by atoms with Crippen LogP contribution in [-0.4, -0.2) is 30.3 Å². The molecule has 2 rings (SSSR count). The van der Waals surface area contributed by atoms with Crippen molar-refractivity contribution in [2.45, 2.75) is 13.1 Å².